The van der Waals surface area contributed by atoms with Crippen LogP contribution >= 0.6 is 0 Å². The molecule has 9 nitrogen and oxygen atoms in total. The van der Waals surface area contributed by atoms with Crippen molar-refractivity contribution in [3.8, 4) is 5.75 Å². The van der Waals surface area contributed by atoms with Gasteiger partial charge in [-0.05, 0) is 37.6 Å². The van der Waals surface area contributed by atoms with E-state index in [-0.39, 0.29) is 23.5 Å². The maximum absolute atomic E-state index is 12.4. The number of methoxy groups -OCH3 is 1. The van der Waals surface area contributed by atoms with Gasteiger partial charge in [0.1, 0.15) is 17.0 Å². The summed E-state index contributed by atoms with van der Waals surface area (Å²) in [5.41, 5.74) is 1.99. The third kappa shape index (κ3) is 4.57. The number of hydrogen-bond acceptors (Lipinski definition) is 7. The summed E-state index contributed by atoms with van der Waals surface area (Å²) in [6.07, 6.45) is 0.257. The molecule has 2 aromatic carbocycles. The average molecular weight is 412 g/mol. The highest BCUT2D eigenvalue weighted by atomic mass is 16.6. The number of hydrogen-bond donors (Lipinski definition) is 1. The summed E-state index contributed by atoms with van der Waals surface area (Å²) < 4.78 is 15.6. The van der Waals surface area contributed by atoms with E-state index >= 15 is 0 Å². The molecule has 0 saturated carbocycles. The fourth-order valence-electron chi connectivity index (χ4n) is 2.90. The number of anilines is 1. The van der Waals surface area contributed by atoms with Gasteiger partial charge in [0.2, 0.25) is 0 Å². The normalized spacial score (nSPS) is 11.7. The monoisotopic (exact) mass is 412 g/mol. The molecule has 9 heteroatoms. The van der Waals surface area contributed by atoms with E-state index in [1.54, 1.807) is 0 Å². The Balaban J connectivity index is 1.65. The molecular weight excluding hydrogens is 392 g/mol. The van der Waals surface area contributed by atoms with E-state index in [0.717, 1.165) is 10.9 Å². The van der Waals surface area contributed by atoms with Crippen molar-refractivity contribution in [2.45, 2.75) is 26.4 Å². The lowest BCUT2D eigenvalue weighted by Crippen LogP contribution is -2.30. The van der Waals surface area contributed by atoms with Crippen molar-refractivity contribution >= 4 is 34.2 Å². The van der Waals surface area contributed by atoms with Crippen LogP contribution in [-0.4, -0.2) is 30.0 Å². The van der Waals surface area contributed by atoms with Crippen LogP contribution in [0.15, 0.2) is 47.1 Å². The summed E-state index contributed by atoms with van der Waals surface area (Å²) >= 11 is 0. The zero-order valence-corrected chi connectivity index (χ0v) is 16.6. The molecule has 156 valence electrons. The van der Waals surface area contributed by atoms with E-state index in [1.807, 2.05) is 25.1 Å². The Morgan fingerprint density at radius 2 is 2.00 bits per heavy atom. The molecule has 0 fully saturated rings. The summed E-state index contributed by atoms with van der Waals surface area (Å²) in [5, 5.41) is 14.4. The Morgan fingerprint density at radius 1 is 1.23 bits per heavy atom. The van der Waals surface area contributed by atoms with Crippen molar-refractivity contribution < 1.29 is 28.4 Å². The number of nitro groups is 1. The lowest BCUT2D eigenvalue weighted by molar-refractivity contribution is -0.384. The zero-order chi connectivity index (χ0) is 21.8. The minimum atomic E-state index is -1.15. The van der Waals surface area contributed by atoms with Gasteiger partial charge in [-0.1, -0.05) is 12.1 Å². The standard InChI is InChI=1S/C21H20N2O7/c1-12-4-6-16-14(11-29-19(16)8-12)9-20(24)30-13(2)21(25)22-17-7-5-15(28-3)10-18(17)23(26)27/h4-8,10-11,13H,9H2,1-3H3,(H,22,25)/t13-/m0/s1. The predicted octanol–water partition coefficient (Wildman–Crippen LogP) is 3.77. The molecule has 3 aromatic rings. The van der Waals surface area contributed by atoms with Crippen molar-refractivity contribution in [2.75, 3.05) is 12.4 Å². The molecule has 0 aliphatic rings. The van der Waals surface area contributed by atoms with Crippen LogP contribution in [0.5, 0.6) is 5.75 Å². The molecule has 1 N–H and O–H groups in total. The highest BCUT2D eigenvalue weighted by Crippen LogP contribution is 2.29. The van der Waals surface area contributed by atoms with E-state index in [4.69, 9.17) is 13.9 Å². The molecule has 0 radical (unpaired) electrons. The first-order valence-electron chi connectivity index (χ1n) is 9.08. The summed E-state index contributed by atoms with van der Waals surface area (Å²) in [7, 11) is 1.38. The number of furan rings is 1. The van der Waals surface area contributed by atoms with Gasteiger partial charge in [-0.2, -0.15) is 0 Å². The fraction of sp³-hybridized carbons (Fsp3) is 0.238. The van der Waals surface area contributed by atoms with E-state index in [1.165, 1.54) is 38.5 Å². The van der Waals surface area contributed by atoms with E-state index in [0.29, 0.717) is 11.1 Å². The van der Waals surface area contributed by atoms with Crippen molar-refractivity contribution in [3.05, 3.63) is 63.9 Å². The Kier molecular flexibility index (Phi) is 6.01. The maximum atomic E-state index is 12.4. The molecule has 0 saturated heterocycles. The molecule has 3 rings (SSSR count). The van der Waals surface area contributed by atoms with Gasteiger partial charge in [0.25, 0.3) is 11.6 Å². The Morgan fingerprint density at radius 3 is 2.70 bits per heavy atom. The van der Waals surface area contributed by atoms with Crippen LogP contribution < -0.4 is 10.1 Å². The number of nitrogens with one attached hydrogen (secondary N) is 1. The lowest BCUT2D eigenvalue weighted by Gasteiger charge is -2.14. The molecule has 0 bridgehead atoms. The minimum absolute atomic E-state index is 0.0232. The van der Waals surface area contributed by atoms with Crippen LogP contribution in [0.4, 0.5) is 11.4 Å². The molecule has 1 aromatic heterocycles. The van der Waals surface area contributed by atoms with Crippen molar-refractivity contribution in [1.29, 1.82) is 0 Å². The van der Waals surface area contributed by atoms with E-state index < -0.39 is 22.9 Å². The number of esters is 1. The first kappa shape index (κ1) is 20.8. The number of carbonyl (C=O) groups excluding carboxylic acids is 2. The quantitative estimate of drug-likeness (QED) is 0.356. The van der Waals surface area contributed by atoms with Gasteiger partial charge in [0, 0.05) is 10.9 Å². The van der Waals surface area contributed by atoms with Crippen LogP contribution in [0.3, 0.4) is 0 Å². The first-order valence-corrected chi connectivity index (χ1v) is 9.08. The summed E-state index contributed by atoms with van der Waals surface area (Å²) in [4.78, 5) is 35.2. The van der Waals surface area contributed by atoms with E-state index in [9.17, 15) is 19.7 Å². The van der Waals surface area contributed by atoms with E-state index in [2.05, 4.69) is 5.32 Å². The van der Waals surface area contributed by atoms with Gasteiger partial charge in [0.05, 0.1) is 30.8 Å². The number of carbonyl (C=O) groups is 2. The minimum Gasteiger partial charge on any atom is -0.496 e. The van der Waals surface area contributed by atoms with Crippen molar-refractivity contribution in [2.24, 2.45) is 0 Å². The molecule has 0 aliphatic carbocycles. The topological polar surface area (TPSA) is 121 Å². The van der Waals surface area contributed by atoms with Gasteiger partial charge in [0.15, 0.2) is 6.10 Å². The summed E-state index contributed by atoms with van der Waals surface area (Å²) in [6.45, 7) is 3.32. The number of ether oxygens (including phenoxy) is 2. The van der Waals surface area contributed by atoms with Gasteiger partial charge < -0.3 is 19.2 Å². The van der Waals surface area contributed by atoms with Gasteiger partial charge in [-0.15, -0.1) is 0 Å². The Labute approximate surface area is 171 Å². The number of amides is 1. The number of fused-ring (bicyclic) bond motifs is 1. The second kappa shape index (κ2) is 8.64. The Bertz CT molecular complexity index is 1120. The summed E-state index contributed by atoms with van der Waals surface area (Å²) in [5.74, 6) is -1.03. The summed E-state index contributed by atoms with van der Waals surface area (Å²) in [6, 6.07) is 9.65. The number of nitro benzene ring substituents is 1. The van der Waals surface area contributed by atoms with Gasteiger partial charge in [-0.25, -0.2) is 0 Å². The lowest BCUT2D eigenvalue weighted by atomic mass is 10.1. The first-order chi connectivity index (χ1) is 14.3. The number of aryl methyl sites for hydroxylation is 1. The average Bonchev–Trinajstić information content (AvgIpc) is 3.09. The second-order valence-corrected chi connectivity index (χ2v) is 6.70. The highest BCUT2D eigenvalue weighted by Gasteiger charge is 2.23. The molecule has 30 heavy (non-hydrogen) atoms. The highest BCUT2D eigenvalue weighted by molar-refractivity contribution is 5.97. The van der Waals surface area contributed by atoms with Crippen LogP contribution in [-0.2, 0) is 20.7 Å². The molecule has 0 aliphatic heterocycles. The molecule has 0 spiro atoms. The zero-order valence-electron chi connectivity index (χ0n) is 16.6. The van der Waals surface area contributed by atoms with Crippen LogP contribution in [0.25, 0.3) is 11.0 Å². The Hall–Kier alpha value is -3.88. The number of rotatable bonds is 7. The van der Waals surface area contributed by atoms with Crippen molar-refractivity contribution in [3.63, 3.8) is 0 Å². The molecule has 1 atom stereocenters. The molecule has 0 unspecified atom stereocenters. The largest absolute Gasteiger partial charge is 0.496 e. The third-order valence-corrected chi connectivity index (χ3v) is 4.48. The van der Waals surface area contributed by atoms with Gasteiger partial charge >= 0.3 is 5.97 Å². The smallest absolute Gasteiger partial charge is 0.311 e. The van der Waals surface area contributed by atoms with Crippen LogP contribution in [0.2, 0.25) is 0 Å². The molecular formula is C21H20N2O7. The molecule has 1 amide bonds. The predicted molar refractivity (Wildman–Crippen MR) is 108 cm³/mol. The second-order valence-electron chi connectivity index (χ2n) is 6.70. The number of benzene rings is 2. The SMILES string of the molecule is COc1ccc(NC(=O)[C@H](C)OC(=O)Cc2coc3cc(C)ccc23)c([N+](=O)[O-])c1. The van der Waals surface area contributed by atoms with Crippen molar-refractivity contribution in [1.82, 2.24) is 0 Å². The number of nitrogens with zero attached hydrogens (tertiary/aromatic N) is 1. The van der Waals surface area contributed by atoms with Crippen LogP contribution in [0, 0.1) is 17.0 Å². The van der Waals surface area contributed by atoms with Crippen LogP contribution in [0.1, 0.15) is 18.1 Å². The fourth-order valence-corrected chi connectivity index (χ4v) is 2.90. The van der Waals surface area contributed by atoms with Gasteiger partial charge in [-0.3, -0.25) is 19.7 Å². The molecule has 1 heterocycles. The maximum Gasteiger partial charge on any atom is 0.311 e. The third-order valence-electron chi connectivity index (χ3n) is 4.48.